The van der Waals surface area contributed by atoms with Crippen molar-refractivity contribution in [3.8, 4) is 11.5 Å². The highest BCUT2D eigenvalue weighted by molar-refractivity contribution is 5.94. The van der Waals surface area contributed by atoms with E-state index in [0.29, 0.717) is 24.3 Å². The van der Waals surface area contributed by atoms with Gasteiger partial charge in [0.2, 0.25) is 0 Å². The van der Waals surface area contributed by atoms with E-state index in [1.165, 1.54) is 12.1 Å². The Balaban J connectivity index is 1.67. The number of carbonyl (C=O) groups is 1. The van der Waals surface area contributed by atoms with Gasteiger partial charge >= 0.3 is 0 Å². The Hall–Kier alpha value is -2.56. The smallest absolute Gasteiger partial charge is 0.265 e. The van der Waals surface area contributed by atoms with Gasteiger partial charge in [-0.05, 0) is 60.9 Å². The molecule has 1 aliphatic heterocycles. The largest absolute Gasteiger partial charge is 0.497 e. The van der Waals surface area contributed by atoms with Gasteiger partial charge in [0.15, 0.2) is 6.10 Å². The first-order valence-electron chi connectivity index (χ1n) is 7.06. The van der Waals surface area contributed by atoms with E-state index in [1.54, 1.807) is 37.4 Å². The van der Waals surface area contributed by atoms with Crippen LogP contribution in [0, 0.1) is 5.82 Å². The lowest BCUT2D eigenvalue weighted by atomic mass is 10.0. The predicted molar refractivity (Wildman–Crippen MR) is 80.8 cm³/mol. The Bertz CT molecular complexity index is 685. The van der Waals surface area contributed by atoms with Gasteiger partial charge in [0.05, 0.1) is 7.11 Å². The number of benzene rings is 2. The number of anilines is 1. The topological polar surface area (TPSA) is 47.6 Å². The summed E-state index contributed by atoms with van der Waals surface area (Å²) in [4.78, 5) is 12.3. The van der Waals surface area contributed by atoms with Crippen molar-refractivity contribution in [2.75, 3.05) is 12.4 Å². The van der Waals surface area contributed by atoms with Crippen LogP contribution in [0.4, 0.5) is 10.1 Å². The highest BCUT2D eigenvalue weighted by Gasteiger charge is 2.26. The number of carbonyl (C=O) groups excluding carboxylic acids is 1. The number of hydrogen-bond donors (Lipinski definition) is 1. The van der Waals surface area contributed by atoms with E-state index in [0.717, 1.165) is 11.3 Å². The van der Waals surface area contributed by atoms with Crippen molar-refractivity contribution in [3.63, 3.8) is 0 Å². The summed E-state index contributed by atoms with van der Waals surface area (Å²) in [7, 11) is 1.59. The molecule has 1 atom stereocenters. The second-order valence-corrected chi connectivity index (χ2v) is 5.11. The Morgan fingerprint density at radius 3 is 2.77 bits per heavy atom. The van der Waals surface area contributed by atoms with Crippen LogP contribution in [0.25, 0.3) is 0 Å². The van der Waals surface area contributed by atoms with Crippen LogP contribution in [-0.4, -0.2) is 19.1 Å². The van der Waals surface area contributed by atoms with E-state index in [9.17, 15) is 9.18 Å². The zero-order chi connectivity index (χ0) is 15.5. The van der Waals surface area contributed by atoms with Crippen LogP contribution < -0.4 is 14.8 Å². The van der Waals surface area contributed by atoms with Gasteiger partial charge in [-0.15, -0.1) is 0 Å². The van der Waals surface area contributed by atoms with Gasteiger partial charge in [0.1, 0.15) is 17.3 Å². The summed E-state index contributed by atoms with van der Waals surface area (Å²) in [6.07, 6.45) is 0.576. The van der Waals surface area contributed by atoms with Gasteiger partial charge in [0.25, 0.3) is 5.91 Å². The SMILES string of the molecule is COc1ccc(NC(=O)[C@@H]2CCc3cc(F)ccc3O2)cc1. The molecular formula is C17H16FNO3. The number of ether oxygens (including phenoxy) is 2. The standard InChI is InChI=1S/C17H16FNO3/c1-21-14-6-4-13(5-7-14)19-17(20)16-8-2-11-10-12(18)3-9-15(11)22-16/h3-7,9-10,16H,2,8H2,1H3,(H,19,20)/t16-/m0/s1. The van der Waals surface area contributed by atoms with E-state index >= 15 is 0 Å². The van der Waals surface area contributed by atoms with Gasteiger partial charge in [-0.3, -0.25) is 4.79 Å². The summed E-state index contributed by atoms with van der Waals surface area (Å²) in [5.74, 6) is 0.800. The Morgan fingerprint density at radius 1 is 1.27 bits per heavy atom. The van der Waals surface area contributed by atoms with Crippen LogP contribution in [0.2, 0.25) is 0 Å². The molecule has 0 aliphatic carbocycles. The predicted octanol–water partition coefficient (Wildman–Crippen LogP) is 3.17. The number of aryl methyl sites for hydroxylation is 1. The number of fused-ring (bicyclic) bond motifs is 1. The molecule has 0 saturated carbocycles. The van der Waals surface area contributed by atoms with Crippen molar-refractivity contribution >= 4 is 11.6 Å². The molecule has 4 nitrogen and oxygen atoms in total. The lowest BCUT2D eigenvalue weighted by molar-refractivity contribution is -0.123. The number of hydrogen-bond acceptors (Lipinski definition) is 3. The van der Waals surface area contributed by atoms with E-state index in [2.05, 4.69) is 5.32 Å². The fourth-order valence-electron chi connectivity index (χ4n) is 2.44. The third-order valence-electron chi connectivity index (χ3n) is 3.62. The Morgan fingerprint density at radius 2 is 2.05 bits per heavy atom. The van der Waals surface area contributed by atoms with Crippen LogP contribution in [0.15, 0.2) is 42.5 Å². The van der Waals surface area contributed by atoms with Gasteiger partial charge < -0.3 is 14.8 Å². The first kappa shape index (κ1) is 14.4. The van der Waals surface area contributed by atoms with Crippen molar-refractivity contribution in [1.29, 1.82) is 0 Å². The molecular weight excluding hydrogens is 285 g/mol. The third kappa shape index (κ3) is 3.03. The van der Waals surface area contributed by atoms with Gasteiger partial charge in [-0.25, -0.2) is 4.39 Å². The number of methoxy groups -OCH3 is 1. The molecule has 0 spiro atoms. The van der Waals surface area contributed by atoms with Crippen molar-refractivity contribution in [3.05, 3.63) is 53.8 Å². The monoisotopic (exact) mass is 301 g/mol. The molecule has 0 unspecified atom stereocenters. The van der Waals surface area contributed by atoms with Crippen molar-refractivity contribution in [1.82, 2.24) is 0 Å². The van der Waals surface area contributed by atoms with Crippen LogP contribution >= 0.6 is 0 Å². The van der Waals surface area contributed by atoms with E-state index in [1.807, 2.05) is 0 Å². The average molecular weight is 301 g/mol. The molecule has 2 aromatic carbocycles. The summed E-state index contributed by atoms with van der Waals surface area (Å²) in [5.41, 5.74) is 1.48. The van der Waals surface area contributed by atoms with Crippen LogP contribution in [0.5, 0.6) is 11.5 Å². The summed E-state index contributed by atoms with van der Waals surface area (Å²) < 4.78 is 23.9. The minimum Gasteiger partial charge on any atom is -0.497 e. The van der Waals surface area contributed by atoms with Gasteiger partial charge in [-0.1, -0.05) is 0 Å². The fraction of sp³-hybridized carbons (Fsp3) is 0.235. The van der Waals surface area contributed by atoms with Gasteiger partial charge in [-0.2, -0.15) is 0 Å². The second kappa shape index (κ2) is 6.05. The molecule has 0 aromatic heterocycles. The molecule has 1 N–H and O–H groups in total. The fourth-order valence-corrected chi connectivity index (χ4v) is 2.44. The molecule has 114 valence electrons. The molecule has 5 heteroatoms. The second-order valence-electron chi connectivity index (χ2n) is 5.11. The molecule has 1 heterocycles. The van der Waals surface area contributed by atoms with Crippen LogP contribution in [0.1, 0.15) is 12.0 Å². The molecule has 0 radical (unpaired) electrons. The number of amides is 1. The minimum absolute atomic E-state index is 0.208. The average Bonchev–Trinajstić information content (AvgIpc) is 2.55. The maximum Gasteiger partial charge on any atom is 0.265 e. The number of rotatable bonds is 3. The first-order chi connectivity index (χ1) is 10.7. The highest BCUT2D eigenvalue weighted by atomic mass is 19.1. The van der Waals surface area contributed by atoms with Crippen molar-refractivity contribution in [2.24, 2.45) is 0 Å². The minimum atomic E-state index is -0.569. The molecule has 3 rings (SSSR count). The highest BCUT2D eigenvalue weighted by Crippen LogP contribution is 2.28. The molecule has 0 bridgehead atoms. The maximum absolute atomic E-state index is 13.2. The lowest BCUT2D eigenvalue weighted by Crippen LogP contribution is -2.35. The number of halogens is 1. The lowest BCUT2D eigenvalue weighted by Gasteiger charge is -2.25. The van der Waals surface area contributed by atoms with Crippen molar-refractivity contribution < 1.29 is 18.7 Å². The van der Waals surface area contributed by atoms with E-state index in [4.69, 9.17) is 9.47 Å². The molecule has 0 saturated heterocycles. The molecule has 2 aromatic rings. The maximum atomic E-state index is 13.2. The quantitative estimate of drug-likeness (QED) is 0.947. The summed E-state index contributed by atoms with van der Waals surface area (Å²) in [5, 5.41) is 2.81. The van der Waals surface area contributed by atoms with E-state index in [-0.39, 0.29) is 11.7 Å². The third-order valence-corrected chi connectivity index (χ3v) is 3.62. The molecule has 1 aliphatic rings. The molecule has 0 fully saturated rings. The Kier molecular flexibility index (Phi) is 3.96. The van der Waals surface area contributed by atoms with Gasteiger partial charge in [0, 0.05) is 5.69 Å². The summed E-state index contributed by atoms with van der Waals surface area (Å²) in [6.45, 7) is 0. The number of nitrogens with one attached hydrogen (secondary N) is 1. The summed E-state index contributed by atoms with van der Waals surface area (Å²) >= 11 is 0. The van der Waals surface area contributed by atoms with Crippen LogP contribution in [-0.2, 0) is 11.2 Å². The normalized spacial score (nSPS) is 16.4. The Labute approximate surface area is 127 Å². The van der Waals surface area contributed by atoms with E-state index < -0.39 is 6.10 Å². The first-order valence-corrected chi connectivity index (χ1v) is 7.06. The van der Waals surface area contributed by atoms with Crippen LogP contribution in [0.3, 0.4) is 0 Å². The molecule has 1 amide bonds. The van der Waals surface area contributed by atoms with Crippen molar-refractivity contribution in [2.45, 2.75) is 18.9 Å². The summed E-state index contributed by atoms with van der Waals surface area (Å²) in [6, 6.07) is 11.4. The zero-order valence-electron chi connectivity index (χ0n) is 12.1. The molecule has 22 heavy (non-hydrogen) atoms. The zero-order valence-corrected chi connectivity index (χ0v) is 12.1.